The Morgan fingerprint density at radius 1 is 1.31 bits per heavy atom. The highest BCUT2D eigenvalue weighted by Gasteiger charge is 2.16. The van der Waals surface area contributed by atoms with E-state index >= 15 is 0 Å². The standard InChI is InChI=1S/C13H24N2O/c1-13(2,11-14)7-3-4-8-15-12-5-9-16-10-6-12/h12,15H,3-10H2,1-2H3. The predicted octanol–water partition coefficient (Wildman–Crippen LogP) is 2.48. The molecule has 0 amide bonds. The third-order valence-electron chi connectivity index (χ3n) is 3.19. The van der Waals surface area contributed by atoms with Crippen LogP contribution in [-0.2, 0) is 4.74 Å². The maximum absolute atomic E-state index is 8.87. The number of nitrogens with zero attached hydrogens (tertiary/aromatic N) is 1. The molecule has 1 rings (SSSR count). The molecular weight excluding hydrogens is 200 g/mol. The molecule has 92 valence electrons. The van der Waals surface area contributed by atoms with Gasteiger partial charge in [-0.3, -0.25) is 0 Å². The topological polar surface area (TPSA) is 45.0 Å². The van der Waals surface area contributed by atoms with E-state index in [1.165, 1.54) is 6.42 Å². The summed E-state index contributed by atoms with van der Waals surface area (Å²) in [5.41, 5.74) is -0.154. The molecule has 0 atom stereocenters. The molecule has 0 aromatic heterocycles. The summed E-state index contributed by atoms with van der Waals surface area (Å²) in [5.74, 6) is 0. The normalized spacial score (nSPS) is 18.3. The fourth-order valence-corrected chi connectivity index (χ4v) is 1.96. The van der Waals surface area contributed by atoms with Crippen molar-refractivity contribution in [2.45, 2.75) is 52.0 Å². The summed E-state index contributed by atoms with van der Waals surface area (Å²) >= 11 is 0. The van der Waals surface area contributed by atoms with Crippen molar-refractivity contribution in [3.05, 3.63) is 0 Å². The number of ether oxygens (including phenoxy) is 1. The maximum atomic E-state index is 8.87. The highest BCUT2D eigenvalue weighted by molar-refractivity contribution is 4.91. The van der Waals surface area contributed by atoms with E-state index < -0.39 is 0 Å². The second-order valence-electron chi connectivity index (χ2n) is 5.29. The molecule has 0 saturated carbocycles. The minimum atomic E-state index is -0.154. The van der Waals surface area contributed by atoms with E-state index in [4.69, 9.17) is 10.00 Å². The van der Waals surface area contributed by atoms with Gasteiger partial charge in [0, 0.05) is 19.3 Å². The monoisotopic (exact) mass is 224 g/mol. The third-order valence-corrected chi connectivity index (χ3v) is 3.19. The SMILES string of the molecule is CC(C)(C#N)CCCCNC1CCOCC1. The minimum absolute atomic E-state index is 0.154. The van der Waals surface area contributed by atoms with Gasteiger partial charge < -0.3 is 10.1 Å². The van der Waals surface area contributed by atoms with Crippen molar-refractivity contribution >= 4 is 0 Å². The molecule has 0 radical (unpaired) electrons. The van der Waals surface area contributed by atoms with Crippen LogP contribution in [0.2, 0.25) is 0 Å². The quantitative estimate of drug-likeness (QED) is 0.705. The van der Waals surface area contributed by atoms with Gasteiger partial charge in [-0.15, -0.1) is 0 Å². The number of nitrogens with one attached hydrogen (secondary N) is 1. The maximum Gasteiger partial charge on any atom is 0.0683 e. The fourth-order valence-electron chi connectivity index (χ4n) is 1.96. The average molecular weight is 224 g/mol. The molecule has 3 heteroatoms. The van der Waals surface area contributed by atoms with Crippen LogP contribution >= 0.6 is 0 Å². The summed E-state index contributed by atoms with van der Waals surface area (Å²) in [5, 5.41) is 12.4. The summed E-state index contributed by atoms with van der Waals surface area (Å²) in [6.07, 6.45) is 5.59. The van der Waals surface area contributed by atoms with E-state index in [0.29, 0.717) is 6.04 Å². The smallest absolute Gasteiger partial charge is 0.0683 e. The summed E-state index contributed by atoms with van der Waals surface area (Å²) in [6, 6.07) is 3.00. The van der Waals surface area contributed by atoms with Crippen LogP contribution in [0.1, 0.15) is 46.0 Å². The molecule has 16 heavy (non-hydrogen) atoms. The first-order chi connectivity index (χ1) is 7.64. The zero-order valence-corrected chi connectivity index (χ0v) is 10.6. The van der Waals surface area contributed by atoms with Gasteiger partial charge in [0.1, 0.15) is 0 Å². The summed E-state index contributed by atoms with van der Waals surface area (Å²) in [6.45, 7) is 6.91. The zero-order chi connectivity index (χ0) is 11.9. The van der Waals surface area contributed by atoms with Crippen LogP contribution in [0, 0.1) is 16.7 Å². The molecule has 1 saturated heterocycles. The van der Waals surface area contributed by atoms with Crippen molar-refractivity contribution < 1.29 is 4.74 Å². The van der Waals surface area contributed by atoms with E-state index in [1.807, 2.05) is 13.8 Å². The number of hydrogen-bond acceptors (Lipinski definition) is 3. The molecule has 0 unspecified atom stereocenters. The van der Waals surface area contributed by atoms with Crippen LogP contribution in [0.25, 0.3) is 0 Å². The first kappa shape index (κ1) is 13.5. The van der Waals surface area contributed by atoms with Crippen LogP contribution in [0.5, 0.6) is 0 Å². The lowest BCUT2D eigenvalue weighted by Gasteiger charge is -2.23. The van der Waals surface area contributed by atoms with Gasteiger partial charge in [-0.05, 0) is 46.1 Å². The Labute approximate surface area is 99.2 Å². The van der Waals surface area contributed by atoms with Crippen LogP contribution in [-0.4, -0.2) is 25.8 Å². The van der Waals surface area contributed by atoms with Gasteiger partial charge in [-0.2, -0.15) is 5.26 Å². The van der Waals surface area contributed by atoms with Crippen LogP contribution in [0.15, 0.2) is 0 Å². The van der Waals surface area contributed by atoms with E-state index in [2.05, 4.69) is 11.4 Å². The van der Waals surface area contributed by atoms with E-state index in [9.17, 15) is 0 Å². The van der Waals surface area contributed by atoms with E-state index in [1.54, 1.807) is 0 Å². The lowest BCUT2D eigenvalue weighted by atomic mass is 9.89. The number of rotatable bonds is 6. The zero-order valence-electron chi connectivity index (χ0n) is 10.6. The second kappa shape index (κ2) is 6.88. The predicted molar refractivity (Wildman–Crippen MR) is 65.1 cm³/mol. The number of unbranched alkanes of at least 4 members (excludes halogenated alkanes) is 1. The molecule has 0 aromatic rings. The second-order valence-corrected chi connectivity index (χ2v) is 5.29. The van der Waals surface area contributed by atoms with E-state index in [-0.39, 0.29) is 5.41 Å². The molecule has 0 aromatic carbocycles. The number of nitriles is 1. The number of hydrogen-bond donors (Lipinski definition) is 1. The Bertz CT molecular complexity index is 227. The first-order valence-corrected chi connectivity index (χ1v) is 6.36. The molecule has 0 aliphatic carbocycles. The molecule has 1 aliphatic heterocycles. The Balaban J connectivity index is 1.97. The first-order valence-electron chi connectivity index (χ1n) is 6.36. The largest absolute Gasteiger partial charge is 0.381 e. The highest BCUT2D eigenvalue weighted by atomic mass is 16.5. The van der Waals surface area contributed by atoms with Crippen molar-refractivity contribution in [3.8, 4) is 6.07 Å². The Morgan fingerprint density at radius 3 is 2.62 bits per heavy atom. The van der Waals surface area contributed by atoms with Crippen LogP contribution in [0.3, 0.4) is 0 Å². The van der Waals surface area contributed by atoms with Gasteiger partial charge >= 0.3 is 0 Å². The molecule has 1 aliphatic rings. The summed E-state index contributed by atoms with van der Waals surface area (Å²) in [4.78, 5) is 0. The molecular formula is C13H24N2O. The van der Waals surface area contributed by atoms with Gasteiger partial charge in [-0.25, -0.2) is 0 Å². The van der Waals surface area contributed by atoms with Gasteiger partial charge in [0.2, 0.25) is 0 Å². The van der Waals surface area contributed by atoms with Crippen LogP contribution < -0.4 is 5.32 Å². The summed E-state index contributed by atoms with van der Waals surface area (Å²) < 4.78 is 5.31. The van der Waals surface area contributed by atoms with Crippen molar-refractivity contribution in [2.24, 2.45) is 5.41 Å². The van der Waals surface area contributed by atoms with Crippen molar-refractivity contribution in [1.82, 2.24) is 5.32 Å². The summed E-state index contributed by atoms with van der Waals surface area (Å²) in [7, 11) is 0. The van der Waals surface area contributed by atoms with Crippen molar-refractivity contribution in [1.29, 1.82) is 5.26 Å². The minimum Gasteiger partial charge on any atom is -0.381 e. The molecule has 0 spiro atoms. The molecule has 1 heterocycles. The van der Waals surface area contributed by atoms with Gasteiger partial charge in [0.15, 0.2) is 0 Å². The van der Waals surface area contributed by atoms with Gasteiger partial charge in [0.25, 0.3) is 0 Å². The fraction of sp³-hybridized carbons (Fsp3) is 0.923. The Hall–Kier alpha value is -0.590. The average Bonchev–Trinajstić information content (AvgIpc) is 2.30. The molecule has 1 fully saturated rings. The van der Waals surface area contributed by atoms with Gasteiger partial charge in [-0.1, -0.05) is 6.42 Å². The third kappa shape index (κ3) is 5.48. The lowest BCUT2D eigenvalue weighted by Crippen LogP contribution is -2.35. The highest BCUT2D eigenvalue weighted by Crippen LogP contribution is 2.21. The van der Waals surface area contributed by atoms with Gasteiger partial charge in [0.05, 0.1) is 11.5 Å². The Morgan fingerprint density at radius 2 is 2.00 bits per heavy atom. The molecule has 3 nitrogen and oxygen atoms in total. The molecule has 0 bridgehead atoms. The van der Waals surface area contributed by atoms with Crippen LogP contribution in [0.4, 0.5) is 0 Å². The van der Waals surface area contributed by atoms with E-state index in [0.717, 1.165) is 45.4 Å². The molecule has 1 N–H and O–H groups in total. The van der Waals surface area contributed by atoms with Crippen molar-refractivity contribution in [3.63, 3.8) is 0 Å². The Kier molecular flexibility index (Phi) is 5.79. The van der Waals surface area contributed by atoms with Crippen molar-refractivity contribution in [2.75, 3.05) is 19.8 Å². The lowest BCUT2D eigenvalue weighted by molar-refractivity contribution is 0.0779.